The third-order valence-electron chi connectivity index (χ3n) is 4.23. The molecule has 4 nitrogen and oxygen atoms in total. The summed E-state index contributed by atoms with van der Waals surface area (Å²) in [7, 11) is -4.31. The number of benzene rings is 2. The van der Waals surface area contributed by atoms with Crippen molar-refractivity contribution in [3.63, 3.8) is 0 Å². The third-order valence-corrected chi connectivity index (χ3v) is 6.03. The van der Waals surface area contributed by atoms with E-state index in [0.717, 1.165) is 28.6 Å². The maximum Gasteiger partial charge on any atom is 0.416 e. The topological polar surface area (TPSA) is 50.3 Å². The molecule has 0 aliphatic rings. The second-order valence-corrected chi connectivity index (χ2v) is 8.19. The van der Waals surface area contributed by atoms with E-state index in [0.29, 0.717) is 17.0 Å². The molecule has 1 heterocycles. The maximum atomic E-state index is 14.0. The predicted octanol–water partition coefficient (Wildman–Crippen LogP) is 4.77. The molecule has 9 heteroatoms. The first-order valence-electron chi connectivity index (χ1n) is 8.44. The van der Waals surface area contributed by atoms with Crippen molar-refractivity contribution in [3.8, 4) is 0 Å². The molecule has 0 N–H and O–H groups in total. The molecule has 0 aliphatic heterocycles. The minimum absolute atomic E-state index is 0.177. The third kappa shape index (κ3) is 4.46. The van der Waals surface area contributed by atoms with Crippen molar-refractivity contribution in [1.29, 1.82) is 0 Å². The number of rotatable bonds is 6. The molecule has 1 aromatic heterocycles. The predicted molar refractivity (Wildman–Crippen MR) is 101 cm³/mol. The lowest BCUT2D eigenvalue weighted by atomic mass is 10.1. The average Bonchev–Trinajstić information content (AvgIpc) is 2.67. The van der Waals surface area contributed by atoms with Crippen molar-refractivity contribution >= 4 is 20.9 Å². The van der Waals surface area contributed by atoms with Gasteiger partial charge >= 0.3 is 6.18 Å². The molecule has 0 atom stereocenters. The van der Waals surface area contributed by atoms with Crippen LogP contribution in [0.15, 0.2) is 72.3 Å². The molecular formula is C20H16F4N2O2S. The molecule has 0 unspecified atom stereocenters. The summed E-state index contributed by atoms with van der Waals surface area (Å²) >= 11 is 0. The lowest BCUT2D eigenvalue weighted by Crippen LogP contribution is -2.31. The quantitative estimate of drug-likeness (QED) is 0.423. The van der Waals surface area contributed by atoms with Gasteiger partial charge in [0.25, 0.3) is 0 Å². The van der Waals surface area contributed by atoms with Crippen molar-refractivity contribution < 1.29 is 26.0 Å². The van der Waals surface area contributed by atoms with Gasteiger partial charge in [-0.2, -0.15) is 17.5 Å². The Morgan fingerprint density at radius 3 is 2.55 bits per heavy atom. The van der Waals surface area contributed by atoms with E-state index in [1.165, 1.54) is 18.3 Å². The molecule has 0 saturated heterocycles. The molecule has 0 saturated carbocycles. The second-order valence-electron chi connectivity index (χ2n) is 6.25. The van der Waals surface area contributed by atoms with Gasteiger partial charge in [0.15, 0.2) is 0 Å². The van der Waals surface area contributed by atoms with Crippen LogP contribution in [0.4, 0.5) is 17.6 Å². The van der Waals surface area contributed by atoms with Crippen LogP contribution in [0.5, 0.6) is 0 Å². The Morgan fingerprint density at radius 2 is 1.86 bits per heavy atom. The van der Waals surface area contributed by atoms with Gasteiger partial charge in [-0.1, -0.05) is 18.2 Å². The smallest absolute Gasteiger partial charge is 0.256 e. The van der Waals surface area contributed by atoms with E-state index in [2.05, 4.69) is 11.6 Å². The Hall–Kier alpha value is -2.78. The Bertz CT molecular complexity index is 1160. The van der Waals surface area contributed by atoms with Crippen LogP contribution >= 0.6 is 0 Å². The van der Waals surface area contributed by atoms with E-state index in [1.807, 2.05) is 0 Å². The lowest BCUT2D eigenvalue weighted by molar-refractivity contribution is -0.137. The number of pyridine rings is 1. The monoisotopic (exact) mass is 424 g/mol. The standard InChI is InChI=1S/C20H16F4N2O2S/c1-2-9-26(13-15-11-17(21)10-14-5-4-8-25-19(14)15)29(27,28)18-7-3-6-16(12-18)20(22,23)24/h2-8,10-12H,1,9,13H2. The van der Waals surface area contributed by atoms with Crippen molar-refractivity contribution in [2.75, 3.05) is 6.54 Å². The Kier molecular flexibility index (Phi) is 5.72. The maximum absolute atomic E-state index is 14.0. The molecular weight excluding hydrogens is 408 g/mol. The van der Waals surface area contributed by atoms with Crippen molar-refractivity contribution in [2.45, 2.75) is 17.6 Å². The average molecular weight is 424 g/mol. The fourth-order valence-electron chi connectivity index (χ4n) is 2.91. The molecule has 3 rings (SSSR count). The molecule has 0 amide bonds. The summed E-state index contributed by atoms with van der Waals surface area (Å²) in [6.45, 7) is 3.05. The molecule has 29 heavy (non-hydrogen) atoms. The van der Waals surface area contributed by atoms with Gasteiger partial charge in [0.05, 0.1) is 16.0 Å². The first-order valence-corrected chi connectivity index (χ1v) is 9.88. The molecule has 152 valence electrons. The fraction of sp³-hybridized carbons (Fsp3) is 0.150. The lowest BCUT2D eigenvalue weighted by Gasteiger charge is -2.22. The normalized spacial score (nSPS) is 12.4. The summed E-state index contributed by atoms with van der Waals surface area (Å²) < 4.78 is 80.0. The number of hydrogen-bond acceptors (Lipinski definition) is 3. The highest BCUT2D eigenvalue weighted by atomic mass is 32.2. The molecule has 0 aliphatic carbocycles. The van der Waals surface area contributed by atoms with E-state index in [1.54, 1.807) is 12.1 Å². The summed E-state index contributed by atoms with van der Waals surface area (Å²) in [5.74, 6) is -0.574. The van der Waals surface area contributed by atoms with Gasteiger partial charge in [-0.25, -0.2) is 12.8 Å². The van der Waals surface area contributed by atoms with Crippen molar-refractivity contribution in [2.24, 2.45) is 0 Å². The minimum Gasteiger partial charge on any atom is -0.256 e. The number of hydrogen-bond donors (Lipinski definition) is 0. The van der Waals surface area contributed by atoms with E-state index in [-0.39, 0.29) is 18.7 Å². The van der Waals surface area contributed by atoms with Crippen LogP contribution in [0.1, 0.15) is 11.1 Å². The van der Waals surface area contributed by atoms with Crippen molar-refractivity contribution in [3.05, 3.63) is 84.3 Å². The first-order chi connectivity index (χ1) is 13.6. The number of fused-ring (bicyclic) bond motifs is 1. The molecule has 0 bridgehead atoms. The number of halogens is 4. The van der Waals surface area contributed by atoms with E-state index in [9.17, 15) is 26.0 Å². The molecule has 2 aromatic carbocycles. The number of aromatic nitrogens is 1. The van der Waals surface area contributed by atoms with Crippen molar-refractivity contribution in [1.82, 2.24) is 9.29 Å². The molecule has 0 radical (unpaired) electrons. The fourth-order valence-corrected chi connectivity index (χ4v) is 4.35. The number of sulfonamides is 1. The van der Waals surface area contributed by atoms with Crippen LogP contribution in [-0.2, 0) is 22.7 Å². The number of nitrogens with zero attached hydrogens (tertiary/aromatic N) is 2. The first kappa shape index (κ1) is 20.9. The number of alkyl halides is 3. The highest BCUT2D eigenvalue weighted by Crippen LogP contribution is 2.31. The van der Waals surface area contributed by atoms with Crippen LogP contribution < -0.4 is 0 Å². The Labute approximate surface area is 165 Å². The van der Waals surface area contributed by atoms with Gasteiger partial charge in [-0.3, -0.25) is 4.98 Å². The summed E-state index contributed by atoms with van der Waals surface area (Å²) in [6, 6.07) is 9.16. The van der Waals surface area contributed by atoms with Crippen LogP contribution in [0.25, 0.3) is 10.9 Å². The van der Waals surface area contributed by atoms with Gasteiger partial charge in [0.1, 0.15) is 5.82 Å². The van der Waals surface area contributed by atoms with Gasteiger partial charge in [-0.15, -0.1) is 6.58 Å². The van der Waals surface area contributed by atoms with Gasteiger partial charge in [-0.05, 0) is 42.0 Å². The minimum atomic E-state index is -4.68. The van der Waals surface area contributed by atoms with Gasteiger partial charge < -0.3 is 0 Å². The van der Waals surface area contributed by atoms with E-state index in [4.69, 9.17) is 0 Å². The second kappa shape index (κ2) is 7.92. The summed E-state index contributed by atoms with van der Waals surface area (Å²) in [5.41, 5.74) is -0.379. The van der Waals surface area contributed by atoms with Crippen LogP contribution in [0.2, 0.25) is 0 Å². The summed E-state index contributed by atoms with van der Waals surface area (Å²) in [4.78, 5) is 3.66. The Balaban J connectivity index is 2.06. The van der Waals surface area contributed by atoms with Crippen LogP contribution in [-0.4, -0.2) is 24.3 Å². The van der Waals surface area contributed by atoms with E-state index < -0.39 is 32.5 Å². The SMILES string of the molecule is C=CCN(Cc1cc(F)cc2cccnc12)S(=O)(=O)c1cccc(C(F)(F)F)c1. The summed E-state index contributed by atoms with van der Waals surface area (Å²) in [6.07, 6.45) is -1.89. The molecule has 0 spiro atoms. The zero-order valence-corrected chi connectivity index (χ0v) is 15.8. The highest BCUT2D eigenvalue weighted by molar-refractivity contribution is 7.89. The van der Waals surface area contributed by atoms with E-state index >= 15 is 0 Å². The Morgan fingerprint density at radius 1 is 1.10 bits per heavy atom. The zero-order valence-electron chi connectivity index (χ0n) is 15.0. The zero-order chi connectivity index (χ0) is 21.2. The summed E-state index contributed by atoms with van der Waals surface area (Å²) in [5, 5.41) is 0.484. The highest BCUT2D eigenvalue weighted by Gasteiger charge is 2.33. The van der Waals surface area contributed by atoms with Crippen LogP contribution in [0, 0.1) is 5.82 Å². The molecule has 3 aromatic rings. The largest absolute Gasteiger partial charge is 0.416 e. The van der Waals surface area contributed by atoms with Crippen LogP contribution in [0.3, 0.4) is 0 Å². The van der Waals surface area contributed by atoms with Gasteiger partial charge in [0.2, 0.25) is 10.0 Å². The molecule has 0 fully saturated rings. The van der Waals surface area contributed by atoms with Gasteiger partial charge in [0, 0.05) is 24.7 Å².